The Morgan fingerprint density at radius 1 is 1.27 bits per heavy atom. The van der Waals surface area contributed by atoms with Gasteiger partial charge in [-0.2, -0.15) is 13.2 Å². The van der Waals surface area contributed by atoms with Gasteiger partial charge in [-0.1, -0.05) is 47.0 Å². The zero-order chi connectivity index (χ0) is 16.3. The Hall–Kier alpha value is -1.04. The second-order valence-electron chi connectivity index (χ2n) is 5.79. The summed E-state index contributed by atoms with van der Waals surface area (Å²) < 4.78 is 40.1. The Labute approximate surface area is 136 Å². The molecule has 1 aromatic carbocycles. The number of amides is 1. The highest BCUT2D eigenvalue weighted by Crippen LogP contribution is 2.41. The van der Waals surface area contributed by atoms with Crippen molar-refractivity contribution in [2.75, 3.05) is 0 Å². The number of alkyl halides is 3. The molecule has 3 unspecified atom stereocenters. The van der Waals surface area contributed by atoms with E-state index in [1.54, 1.807) is 6.92 Å². The van der Waals surface area contributed by atoms with E-state index in [9.17, 15) is 18.0 Å². The molecule has 22 heavy (non-hydrogen) atoms. The number of hydrogen-bond acceptors (Lipinski definition) is 1. The van der Waals surface area contributed by atoms with Crippen LogP contribution in [-0.2, 0) is 4.79 Å². The van der Waals surface area contributed by atoms with Gasteiger partial charge < -0.3 is 5.32 Å². The summed E-state index contributed by atoms with van der Waals surface area (Å²) in [5.41, 5.74) is 0.857. The van der Waals surface area contributed by atoms with Crippen molar-refractivity contribution in [2.45, 2.75) is 44.8 Å². The van der Waals surface area contributed by atoms with Gasteiger partial charge in [0.25, 0.3) is 0 Å². The molecule has 0 bridgehead atoms. The fourth-order valence-corrected chi connectivity index (χ4v) is 3.69. The molecule has 1 aliphatic carbocycles. The number of carbonyl (C=O) groups excluding carboxylic acids is 1. The largest absolute Gasteiger partial charge is 0.392 e. The molecule has 0 spiro atoms. The molecule has 1 aliphatic rings. The fraction of sp³-hybridized carbons (Fsp3) is 0.562. The first-order chi connectivity index (χ1) is 10.3. The van der Waals surface area contributed by atoms with Crippen molar-refractivity contribution in [3.8, 4) is 0 Å². The van der Waals surface area contributed by atoms with Crippen LogP contribution in [0.2, 0.25) is 0 Å². The number of rotatable bonds is 3. The van der Waals surface area contributed by atoms with Crippen molar-refractivity contribution in [1.82, 2.24) is 5.32 Å². The summed E-state index contributed by atoms with van der Waals surface area (Å²) in [5, 5.41) is 2.74. The van der Waals surface area contributed by atoms with Crippen LogP contribution in [0.15, 0.2) is 28.7 Å². The molecule has 2 nitrogen and oxygen atoms in total. The highest BCUT2D eigenvalue weighted by atomic mass is 79.9. The van der Waals surface area contributed by atoms with Gasteiger partial charge in [0.15, 0.2) is 0 Å². The van der Waals surface area contributed by atoms with Gasteiger partial charge in [0.1, 0.15) is 0 Å². The third kappa shape index (κ3) is 4.03. The molecule has 0 radical (unpaired) electrons. The Morgan fingerprint density at radius 2 is 1.91 bits per heavy atom. The maximum atomic E-state index is 13.1. The molecule has 122 valence electrons. The first kappa shape index (κ1) is 17.3. The molecule has 1 N–H and O–H groups in total. The Kier molecular flexibility index (Phi) is 5.53. The first-order valence-corrected chi connectivity index (χ1v) is 8.21. The number of nitrogens with one attached hydrogen (secondary N) is 1. The minimum Gasteiger partial charge on any atom is -0.349 e. The van der Waals surface area contributed by atoms with Gasteiger partial charge in [-0.25, -0.2) is 0 Å². The van der Waals surface area contributed by atoms with Crippen LogP contribution in [0.1, 0.15) is 44.2 Å². The Bertz CT molecular complexity index is 532. The molecule has 1 aromatic rings. The van der Waals surface area contributed by atoms with E-state index in [2.05, 4.69) is 21.2 Å². The van der Waals surface area contributed by atoms with Crippen molar-refractivity contribution in [1.29, 1.82) is 0 Å². The molecule has 0 aliphatic heterocycles. The van der Waals surface area contributed by atoms with Crippen molar-refractivity contribution in [2.24, 2.45) is 11.8 Å². The maximum absolute atomic E-state index is 13.1. The summed E-state index contributed by atoms with van der Waals surface area (Å²) in [6.45, 7) is 1.78. The number of halogens is 4. The maximum Gasteiger partial charge on any atom is 0.392 e. The molecular formula is C16H19BrF3NO. The second-order valence-corrected chi connectivity index (χ2v) is 6.65. The topological polar surface area (TPSA) is 29.1 Å². The van der Waals surface area contributed by atoms with E-state index in [1.807, 2.05) is 24.3 Å². The minimum absolute atomic E-state index is 0.0466. The zero-order valence-corrected chi connectivity index (χ0v) is 13.9. The average molecular weight is 378 g/mol. The highest BCUT2D eigenvalue weighted by Gasteiger charge is 2.48. The van der Waals surface area contributed by atoms with E-state index < -0.39 is 23.9 Å². The van der Waals surface area contributed by atoms with Crippen LogP contribution in [0.3, 0.4) is 0 Å². The van der Waals surface area contributed by atoms with E-state index in [0.717, 1.165) is 10.0 Å². The van der Waals surface area contributed by atoms with Gasteiger partial charge >= 0.3 is 6.18 Å². The molecule has 1 saturated carbocycles. The van der Waals surface area contributed by atoms with Crippen LogP contribution in [-0.4, -0.2) is 12.1 Å². The average Bonchev–Trinajstić information content (AvgIpc) is 2.46. The molecular weight excluding hydrogens is 359 g/mol. The first-order valence-electron chi connectivity index (χ1n) is 7.42. The number of benzene rings is 1. The number of carbonyl (C=O) groups is 1. The second kappa shape index (κ2) is 7.02. The lowest BCUT2D eigenvalue weighted by Gasteiger charge is -2.32. The summed E-state index contributed by atoms with van der Waals surface area (Å²) in [6.07, 6.45) is -2.75. The lowest BCUT2D eigenvalue weighted by atomic mass is 9.78. The summed E-state index contributed by atoms with van der Waals surface area (Å²) in [4.78, 5) is 12.3. The zero-order valence-electron chi connectivity index (χ0n) is 12.3. The van der Waals surface area contributed by atoms with Gasteiger partial charge in [0.05, 0.1) is 12.0 Å². The van der Waals surface area contributed by atoms with E-state index >= 15 is 0 Å². The smallest absolute Gasteiger partial charge is 0.349 e. The lowest BCUT2D eigenvalue weighted by Crippen LogP contribution is -2.43. The molecule has 1 amide bonds. The van der Waals surface area contributed by atoms with Crippen molar-refractivity contribution >= 4 is 21.8 Å². The van der Waals surface area contributed by atoms with Crippen molar-refractivity contribution < 1.29 is 18.0 Å². The van der Waals surface area contributed by atoms with Crippen LogP contribution in [0.25, 0.3) is 0 Å². The van der Waals surface area contributed by atoms with Gasteiger partial charge in [-0.3, -0.25) is 4.79 Å². The third-order valence-electron chi connectivity index (χ3n) is 4.25. The standard InChI is InChI=1S/C16H19BrF3NO/c1-10(11-6-3-5-9-14(11)17)21-15(22)12-7-2-4-8-13(12)16(18,19)20/h3,5-6,9-10,12-13H,2,4,7-8H2,1H3,(H,21,22). The highest BCUT2D eigenvalue weighted by molar-refractivity contribution is 9.10. The molecule has 2 rings (SSSR count). The van der Waals surface area contributed by atoms with Crippen LogP contribution in [0.5, 0.6) is 0 Å². The predicted octanol–water partition coefficient (Wildman–Crippen LogP) is 5.00. The van der Waals surface area contributed by atoms with Crippen LogP contribution >= 0.6 is 15.9 Å². The van der Waals surface area contributed by atoms with Gasteiger partial charge in [0, 0.05) is 10.4 Å². The van der Waals surface area contributed by atoms with Crippen LogP contribution < -0.4 is 5.32 Å². The molecule has 0 heterocycles. The van der Waals surface area contributed by atoms with Crippen LogP contribution in [0, 0.1) is 11.8 Å². The summed E-state index contributed by atoms with van der Waals surface area (Å²) >= 11 is 3.40. The monoisotopic (exact) mass is 377 g/mol. The lowest BCUT2D eigenvalue weighted by molar-refractivity contribution is -0.198. The van der Waals surface area contributed by atoms with E-state index in [1.165, 1.54) is 0 Å². The quantitative estimate of drug-likeness (QED) is 0.789. The molecule has 3 atom stereocenters. The van der Waals surface area contributed by atoms with E-state index in [-0.39, 0.29) is 12.5 Å². The van der Waals surface area contributed by atoms with Gasteiger partial charge in [-0.15, -0.1) is 0 Å². The summed E-state index contributed by atoms with van der Waals surface area (Å²) in [7, 11) is 0. The third-order valence-corrected chi connectivity index (χ3v) is 4.98. The summed E-state index contributed by atoms with van der Waals surface area (Å²) in [5.74, 6) is -2.99. The van der Waals surface area contributed by atoms with E-state index in [0.29, 0.717) is 19.3 Å². The Balaban J connectivity index is 2.09. The van der Waals surface area contributed by atoms with Crippen molar-refractivity contribution in [3.05, 3.63) is 34.3 Å². The van der Waals surface area contributed by atoms with Crippen molar-refractivity contribution in [3.63, 3.8) is 0 Å². The van der Waals surface area contributed by atoms with Gasteiger partial charge in [-0.05, 0) is 31.4 Å². The number of hydrogen-bond donors (Lipinski definition) is 1. The fourth-order valence-electron chi connectivity index (χ4n) is 3.06. The molecule has 6 heteroatoms. The minimum atomic E-state index is -4.31. The summed E-state index contributed by atoms with van der Waals surface area (Å²) in [6, 6.07) is 7.04. The molecule has 0 aromatic heterocycles. The predicted molar refractivity (Wildman–Crippen MR) is 82.2 cm³/mol. The molecule has 1 fully saturated rings. The Morgan fingerprint density at radius 3 is 2.55 bits per heavy atom. The molecule has 0 saturated heterocycles. The normalized spacial score (nSPS) is 23.9. The van der Waals surface area contributed by atoms with Crippen LogP contribution in [0.4, 0.5) is 13.2 Å². The SMILES string of the molecule is CC(NC(=O)C1CCCCC1C(F)(F)F)c1ccccc1Br. The van der Waals surface area contributed by atoms with Gasteiger partial charge in [0.2, 0.25) is 5.91 Å². The van der Waals surface area contributed by atoms with E-state index in [4.69, 9.17) is 0 Å².